The average Bonchev–Trinajstić information content (AvgIpc) is 2.46. The van der Waals surface area contributed by atoms with Gasteiger partial charge >= 0.3 is 0 Å². The van der Waals surface area contributed by atoms with E-state index in [0.717, 1.165) is 24.2 Å². The molecule has 1 aromatic rings. The topological polar surface area (TPSA) is 38.3 Å². The first-order chi connectivity index (χ1) is 9.53. The van der Waals surface area contributed by atoms with Gasteiger partial charge < -0.3 is 10.1 Å². The van der Waals surface area contributed by atoms with Crippen molar-refractivity contribution in [3.05, 3.63) is 29.8 Å². The van der Waals surface area contributed by atoms with Crippen LogP contribution in [0, 0.1) is 11.8 Å². The fraction of sp³-hybridized carbons (Fsp3) is 0.588. The smallest absolute Gasteiger partial charge is 0.223 e. The molecule has 0 aliphatic rings. The van der Waals surface area contributed by atoms with Gasteiger partial charge in [-0.2, -0.15) is 0 Å². The normalized spacial score (nSPS) is 12.6. The Labute approximate surface area is 122 Å². The average molecular weight is 277 g/mol. The molecule has 1 unspecified atom stereocenters. The lowest BCUT2D eigenvalue weighted by Crippen LogP contribution is -2.36. The molecule has 1 rings (SSSR count). The molecule has 1 amide bonds. The molecule has 0 heterocycles. The standard InChI is InChI=1S/C17H27NO2/c1-6-13(7-2)17(19)18-16(12(3)4)14-8-10-15(20-5)11-9-14/h8-13,16H,6-7H2,1-5H3,(H,18,19). The van der Waals surface area contributed by atoms with Crippen molar-refractivity contribution >= 4 is 5.91 Å². The summed E-state index contributed by atoms with van der Waals surface area (Å²) in [4.78, 5) is 12.3. The minimum Gasteiger partial charge on any atom is -0.497 e. The molecule has 20 heavy (non-hydrogen) atoms. The lowest BCUT2D eigenvalue weighted by atomic mass is 9.94. The first-order valence-corrected chi connectivity index (χ1v) is 7.47. The summed E-state index contributed by atoms with van der Waals surface area (Å²) in [5, 5.41) is 3.19. The zero-order valence-electron chi connectivity index (χ0n) is 13.3. The van der Waals surface area contributed by atoms with Crippen LogP contribution in [0.3, 0.4) is 0 Å². The number of nitrogens with one attached hydrogen (secondary N) is 1. The third-order valence-electron chi connectivity index (χ3n) is 3.80. The molecule has 0 saturated carbocycles. The van der Waals surface area contributed by atoms with Crippen molar-refractivity contribution in [1.82, 2.24) is 5.32 Å². The van der Waals surface area contributed by atoms with Gasteiger partial charge in [0.1, 0.15) is 5.75 Å². The summed E-state index contributed by atoms with van der Waals surface area (Å²) in [7, 11) is 1.66. The molecule has 0 spiro atoms. The van der Waals surface area contributed by atoms with Crippen LogP contribution in [0.4, 0.5) is 0 Å². The van der Waals surface area contributed by atoms with Crippen molar-refractivity contribution in [2.24, 2.45) is 11.8 Å². The molecule has 3 heteroatoms. The molecule has 1 atom stereocenters. The Balaban J connectivity index is 2.85. The Morgan fingerprint density at radius 2 is 1.70 bits per heavy atom. The second-order valence-electron chi connectivity index (χ2n) is 5.52. The highest BCUT2D eigenvalue weighted by Gasteiger charge is 2.22. The maximum Gasteiger partial charge on any atom is 0.223 e. The van der Waals surface area contributed by atoms with E-state index in [1.54, 1.807) is 7.11 Å². The number of methoxy groups -OCH3 is 1. The minimum atomic E-state index is 0.0500. The highest BCUT2D eigenvalue weighted by atomic mass is 16.5. The van der Waals surface area contributed by atoms with E-state index < -0.39 is 0 Å². The van der Waals surface area contributed by atoms with Gasteiger partial charge in [0.25, 0.3) is 0 Å². The molecule has 0 fully saturated rings. The molecule has 1 N–H and O–H groups in total. The van der Waals surface area contributed by atoms with E-state index in [1.165, 1.54) is 0 Å². The molecule has 0 bridgehead atoms. The van der Waals surface area contributed by atoms with Crippen molar-refractivity contribution in [3.8, 4) is 5.75 Å². The fourth-order valence-electron chi connectivity index (χ4n) is 2.38. The number of benzene rings is 1. The van der Waals surface area contributed by atoms with Crippen LogP contribution in [-0.4, -0.2) is 13.0 Å². The van der Waals surface area contributed by atoms with Gasteiger partial charge in [0.15, 0.2) is 0 Å². The first kappa shape index (κ1) is 16.5. The SMILES string of the molecule is CCC(CC)C(=O)NC(c1ccc(OC)cc1)C(C)C. The largest absolute Gasteiger partial charge is 0.497 e. The van der Waals surface area contributed by atoms with Crippen LogP contribution in [0.1, 0.15) is 52.1 Å². The van der Waals surface area contributed by atoms with Crippen molar-refractivity contribution in [2.45, 2.75) is 46.6 Å². The van der Waals surface area contributed by atoms with Gasteiger partial charge in [0.05, 0.1) is 13.2 Å². The maximum atomic E-state index is 12.3. The number of carbonyl (C=O) groups excluding carboxylic acids is 1. The summed E-state index contributed by atoms with van der Waals surface area (Å²) in [5.41, 5.74) is 1.13. The molecular weight excluding hydrogens is 250 g/mol. The van der Waals surface area contributed by atoms with Crippen LogP contribution >= 0.6 is 0 Å². The van der Waals surface area contributed by atoms with Crippen LogP contribution in [0.5, 0.6) is 5.75 Å². The van der Waals surface area contributed by atoms with Gasteiger partial charge in [-0.15, -0.1) is 0 Å². The predicted molar refractivity (Wildman–Crippen MR) is 82.8 cm³/mol. The number of rotatable bonds is 7. The molecular formula is C17H27NO2. The number of ether oxygens (including phenoxy) is 1. The predicted octanol–water partition coefficient (Wildman–Crippen LogP) is 3.94. The Kier molecular flexibility index (Phi) is 6.56. The van der Waals surface area contributed by atoms with Crippen molar-refractivity contribution in [3.63, 3.8) is 0 Å². The lowest BCUT2D eigenvalue weighted by Gasteiger charge is -2.25. The van der Waals surface area contributed by atoms with Gasteiger partial charge in [-0.05, 0) is 36.5 Å². The summed E-state index contributed by atoms with van der Waals surface area (Å²) in [6.07, 6.45) is 1.77. The lowest BCUT2D eigenvalue weighted by molar-refractivity contribution is -0.126. The molecule has 0 aliphatic carbocycles. The fourth-order valence-corrected chi connectivity index (χ4v) is 2.38. The van der Waals surface area contributed by atoms with Crippen LogP contribution in [-0.2, 0) is 4.79 Å². The molecule has 0 radical (unpaired) electrons. The first-order valence-electron chi connectivity index (χ1n) is 7.47. The van der Waals surface area contributed by atoms with Gasteiger partial charge in [0.2, 0.25) is 5.91 Å². The monoisotopic (exact) mass is 277 g/mol. The van der Waals surface area contributed by atoms with Crippen LogP contribution in [0.25, 0.3) is 0 Å². The van der Waals surface area contributed by atoms with Crippen LogP contribution in [0.2, 0.25) is 0 Å². The summed E-state index contributed by atoms with van der Waals surface area (Å²) in [6.45, 7) is 8.38. The summed E-state index contributed by atoms with van der Waals surface area (Å²) in [5.74, 6) is 1.45. The van der Waals surface area contributed by atoms with Gasteiger partial charge in [-0.25, -0.2) is 0 Å². The number of carbonyl (C=O) groups is 1. The summed E-state index contributed by atoms with van der Waals surface area (Å²) in [6, 6.07) is 7.98. The van der Waals surface area contributed by atoms with Crippen LogP contribution < -0.4 is 10.1 Å². The Morgan fingerprint density at radius 3 is 2.10 bits per heavy atom. The van der Waals surface area contributed by atoms with Crippen LogP contribution in [0.15, 0.2) is 24.3 Å². The molecule has 112 valence electrons. The quantitative estimate of drug-likeness (QED) is 0.819. The van der Waals surface area contributed by atoms with Gasteiger partial charge in [-0.1, -0.05) is 39.8 Å². The second kappa shape index (κ2) is 7.93. The van der Waals surface area contributed by atoms with Gasteiger partial charge in [-0.3, -0.25) is 4.79 Å². The van der Waals surface area contributed by atoms with E-state index >= 15 is 0 Å². The number of amides is 1. The van der Waals surface area contributed by atoms with E-state index in [0.29, 0.717) is 5.92 Å². The summed E-state index contributed by atoms with van der Waals surface area (Å²) < 4.78 is 5.18. The third kappa shape index (κ3) is 4.26. The number of hydrogen-bond donors (Lipinski definition) is 1. The zero-order chi connectivity index (χ0) is 15.1. The van der Waals surface area contributed by atoms with Crippen molar-refractivity contribution in [1.29, 1.82) is 0 Å². The Bertz CT molecular complexity index is 408. The van der Waals surface area contributed by atoms with Crippen molar-refractivity contribution < 1.29 is 9.53 Å². The highest BCUT2D eigenvalue weighted by Crippen LogP contribution is 2.24. The van der Waals surface area contributed by atoms with E-state index in [1.807, 2.05) is 24.3 Å². The summed E-state index contributed by atoms with van der Waals surface area (Å²) >= 11 is 0. The second-order valence-corrected chi connectivity index (χ2v) is 5.52. The van der Waals surface area contributed by atoms with E-state index in [9.17, 15) is 4.79 Å². The van der Waals surface area contributed by atoms with Crippen molar-refractivity contribution in [2.75, 3.05) is 7.11 Å². The number of hydrogen-bond acceptors (Lipinski definition) is 2. The molecule has 0 saturated heterocycles. The molecule has 0 aliphatic heterocycles. The third-order valence-corrected chi connectivity index (χ3v) is 3.80. The van der Waals surface area contributed by atoms with E-state index in [2.05, 4.69) is 33.0 Å². The zero-order valence-corrected chi connectivity index (χ0v) is 13.3. The molecule has 1 aromatic carbocycles. The molecule has 3 nitrogen and oxygen atoms in total. The van der Waals surface area contributed by atoms with Gasteiger partial charge in [0, 0.05) is 5.92 Å². The minimum absolute atomic E-state index is 0.0500. The highest BCUT2D eigenvalue weighted by molar-refractivity contribution is 5.79. The maximum absolute atomic E-state index is 12.3. The Morgan fingerprint density at radius 1 is 1.15 bits per heavy atom. The molecule has 0 aromatic heterocycles. The van der Waals surface area contributed by atoms with E-state index in [-0.39, 0.29) is 17.9 Å². The Hall–Kier alpha value is -1.51. The van der Waals surface area contributed by atoms with E-state index in [4.69, 9.17) is 4.74 Å².